The van der Waals surface area contributed by atoms with Crippen LogP contribution in [0.5, 0.6) is 0 Å². The molecule has 146 valence electrons. The Morgan fingerprint density at radius 3 is 1.75 bits per heavy atom. The van der Waals surface area contributed by atoms with Gasteiger partial charge >= 0.3 is 0 Å². The first-order valence-corrected chi connectivity index (χ1v) is 7.66. The van der Waals surface area contributed by atoms with E-state index in [-0.39, 0.29) is 22.5 Å². The highest BCUT2D eigenvalue weighted by Gasteiger charge is 2.18. The van der Waals surface area contributed by atoms with Crippen molar-refractivity contribution in [1.29, 1.82) is 0 Å². The van der Waals surface area contributed by atoms with E-state index in [0.29, 0.717) is 0 Å². The maximum atomic E-state index is 11.5. The van der Waals surface area contributed by atoms with E-state index < -0.39 is 21.7 Å². The number of para-hydroxylation sites is 2. The van der Waals surface area contributed by atoms with E-state index in [4.69, 9.17) is 5.73 Å². The predicted octanol–water partition coefficient (Wildman–Crippen LogP) is 2.02. The number of nitro groups is 2. The van der Waals surface area contributed by atoms with Crippen molar-refractivity contribution in [2.75, 3.05) is 14.1 Å². The molecule has 2 aromatic carbocycles. The van der Waals surface area contributed by atoms with Crippen LogP contribution in [0.1, 0.15) is 20.7 Å². The number of aliphatic imine (C=N–C) groups is 1. The van der Waals surface area contributed by atoms with Crippen LogP contribution in [0.25, 0.3) is 0 Å². The van der Waals surface area contributed by atoms with Gasteiger partial charge in [0.2, 0.25) is 0 Å². The lowest BCUT2D eigenvalue weighted by atomic mass is 10.2. The molecule has 0 saturated carbocycles. The summed E-state index contributed by atoms with van der Waals surface area (Å²) in [4.78, 5) is 47.1. The summed E-state index contributed by atoms with van der Waals surface area (Å²) in [5.41, 5.74) is 4.34. The van der Waals surface area contributed by atoms with Gasteiger partial charge in [-0.05, 0) is 12.1 Å². The molecule has 0 spiro atoms. The van der Waals surface area contributed by atoms with Gasteiger partial charge in [0, 0.05) is 26.2 Å². The van der Waals surface area contributed by atoms with E-state index in [1.807, 2.05) is 0 Å². The Kier molecular flexibility index (Phi) is 7.90. The first-order chi connectivity index (χ1) is 13.1. The second-order valence-corrected chi connectivity index (χ2v) is 5.43. The molecule has 0 bridgehead atoms. The number of benzene rings is 2. The molecule has 2 aromatic rings. The van der Waals surface area contributed by atoms with E-state index in [1.165, 1.54) is 48.8 Å². The normalized spacial score (nSPS) is 9.93. The van der Waals surface area contributed by atoms with E-state index in [9.17, 15) is 29.8 Å². The van der Waals surface area contributed by atoms with Crippen LogP contribution in [0.4, 0.5) is 11.4 Å². The first-order valence-electron chi connectivity index (χ1n) is 7.66. The first kappa shape index (κ1) is 21.9. The minimum absolute atomic E-state index is 0.00870. The smallest absolute Gasteiger partial charge is 0.285 e. The zero-order valence-corrected chi connectivity index (χ0v) is 15.0. The lowest BCUT2D eigenvalue weighted by Crippen LogP contribution is -2.12. The largest absolute Gasteiger partial charge is 0.369 e. The van der Waals surface area contributed by atoms with Crippen LogP contribution in [0, 0.1) is 20.2 Å². The molecule has 0 aliphatic rings. The number of hydrogen-bond acceptors (Lipinski definition) is 6. The monoisotopic (exact) mass is 387 g/mol. The van der Waals surface area contributed by atoms with E-state index >= 15 is 0 Å². The molecule has 2 N–H and O–H groups in total. The van der Waals surface area contributed by atoms with Crippen molar-refractivity contribution in [3.63, 3.8) is 0 Å². The van der Waals surface area contributed by atoms with Crippen LogP contribution in [0.2, 0.25) is 0 Å². The summed E-state index contributed by atoms with van der Waals surface area (Å²) in [5.74, 6) is -1.41. The van der Waals surface area contributed by atoms with E-state index in [0.717, 1.165) is 0 Å². The topological polar surface area (TPSA) is 162 Å². The summed E-state index contributed by atoms with van der Waals surface area (Å²) in [6.07, 6.45) is 1.30. The number of nitro benzene ring substituents is 2. The summed E-state index contributed by atoms with van der Waals surface area (Å²) >= 11 is 0. The van der Waals surface area contributed by atoms with Crippen molar-refractivity contribution in [3.8, 4) is 0 Å². The van der Waals surface area contributed by atoms with Gasteiger partial charge in [-0.15, -0.1) is 0 Å². The summed E-state index contributed by atoms with van der Waals surface area (Å²) in [6, 6.07) is 11.3. The molecule has 2 rings (SSSR count). The zero-order valence-electron chi connectivity index (χ0n) is 15.0. The molecule has 0 aliphatic heterocycles. The van der Waals surface area contributed by atoms with Gasteiger partial charge in [0.15, 0.2) is 0 Å². The van der Waals surface area contributed by atoms with Gasteiger partial charge in [-0.3, -0.25) is 29.8 Å². The van der Waals surface area contributed by atoms with Crippen molar-refractivity contribution in [3.05, 3.63) is 79.9 Å². The summed E-state index contributed by atoms with van der Waals surface area (Å²) < 4.78 is 0. The Hall–Kier alpha value is -4.15. The van der Waals surface area contributed by atoms with Crippen LogP contribution in [-0.4, -0.2) is 47.0 Å². The molecule has 0 fully saturated rings. The minimum Gasteiger partial charge on any atom is -0.369 e. The van der Waals surface area contributed by atoms with Gasteiger partial charge < -0.3 is 10.6 Å². The zero-order chi connectivity index (χ0) is 21.3. The van der Waals surface area contributed by atoms with Crippen LogP contribution in [0.15, 0.2) is 53.5 Å². The average molecular weight is 387 g/mol. The highest BCUT2D eigenvalue weighted by atomic mass is 16.6. The molecule has 0 radical (unpaired) electrons. The number of nitrogens with two attached hydrogens (primary N) is 1. The summed E-state index contributed by atoms with van der Waals surface area (Å²) in [7, 11) is 3.41. The summed E-state index contributed by atoms with van der Waals surface area (Å²) in [5, 5.41) is 21.0. The van der Waals surface area contributed by atoms with Crippen LogP contribution < -0.4 is 5.73 Å². The third-order valence-corrected chi connectivity index (χ3v) is 3.10. The second kappa shape index (κ2) is 10.1. The Morgan fingerprint density at radius 1 is 0.929 bits per heavy atom. The van der Waals surface area contributed by atoms with Gasteiger partial charge in [-0.2, -0.15) is 4.99 Å². The number of carbonyl (C=O) groups is 2. The molecule has 0 atom stereocenters. The van der Waals surface area contributed by atoms with Crippen LogP contribution in [0.3, 0.4) is 0 Å². The Labute approximate surface area is 159 Å². The van der Waals surface area contributed by atoms with Crippen LogP contribution in [-0.2, 0) is 0 Å². The highest BCUT2D eigenvalue weighted by molar-refractivity contribution is 6.01. The molecular weight excluding hydrogens is 370 g/mol. The highest BCUT2D eigenvalue weighted by Crippen LogP contribution is 2.18. The predicted molar refractivity (Wildman–Crippen MR) is 101 cm³/mol. The molecule has 11 heteroatoms. The van der Waals surface area contributed by atoms with Crippen molar-refractivity contribution in [1.82, 2.24) is 4.90 Å². The SMILES string of the molecule is CN(C)C=NC(=O)c1ccccc1[N+](=O)[O-].NC(=O)c1ccccc1[N+](=O)[O-]. The Morgan fingerprint density at radius 2 is 1.36 bits per heavy atom. The number of hydrogen-bond donors (Lipinski definition) is 1. The fourth-order valence-electron chi connectivity index (χ4n) is 1.89. The molecule has 0 aromatic heterocycles. The maximum absolute atomic E-state index is 11.5. The fraction of sp³-hybridized carbons (Fsp3) is 0.118. The Bertz CT molecular complexity index is 893. The van der Waals surface area contributed by atoms with Crippen molar-refractivity contribution >= 4 is 29.5 Å². The van der Waals surface area contributed by atoms with Gasteiger partial charge in [0.1, 0.15) is 11.1 Å². The molecule has 0 saturated heterocycles. The Balaban J connectivity index is 0.000000292. The van der Waals surface area contributed by atoms with Crippen molar-refractivity contribution in [2.24, 2.45) is 10.7 Å². The maximum Gasteiger partial charge on any atom is 0.285 e. The molecule has 2 amide bonds. The lowest BCUT2D eigenvalue weighted by Gasteiger charge is -2.02. The number of carbonyl (C=O) groups excluding carboxylic acids is 2. The van der Waals surface area contributed by atoms with Crippen molar-refractivity contribution < 1.29 is 19.4 Å². The lowest BCUT2D eigenvalue weighted by molar-refractivity contribution is -0.385. The molecular formula is C17H17N5O6. The van der Waals surface area contributed by atoms with Crippen LogP contribution >= 0.6 is 0 Å². The van der Waals surface area contributed by atoms with Crippen molar-refractivity contribution in [2.45, 2.75) is 0 Å². The number of rotatable bonds is 5. The number of primary amides is 1. The number of amides is 2. The standard InChI is InChI=1S/C10H11N3O3.C7H6N2O3/c1-12(2)7-11-10(14)8-5-3-4-6-9(8)13(15)16;8-7(10)5-3-1-2-4-6(5)9(11)12/h3-7H,1-2H3;1-4H,(H2,8,10). The van der Waals surface area contributed by atoms with Gasteiger partial charge in [-0.25, -0.2) is 0 Å². The third-order valence-electron chi connectivity index (χ3n) is 3.10. The molecule has 0 unspecified atom stereocenters. The summed E-state index contributed by atoms with van der Waals surface area (Å²) in [6.45, 7) is 0. The van der Waals surface area contributed by atoms with E-state index in [2.05, 4.69) is 4.99 Å². The quantitative estimate of drug-likeness (QED) is 0.355. The number of nitrogens with zero attached hydrogens (tertiary/aromatic N) is 4. The average Bonchev–Trinajstić information content (AvgIpc) is 2.66. The fourth-order valence-corrected chi connectivity index (χ4v) is 1.89. The van der Waals surface area contributed by atoms with Gasteiger partial charge in [0.25, 0.3) is 23.2 Å². The molecule has 0 aliphatic carbocycles. The van der Waals surface area contributed by atoms with Gasteiger partial charge in [0.05, 0.1) is 16.2 Å². The second-order valence-electron chi connectivity index (χ2n) is 5.43. The molecule has 11 nitrogen and oxygen atoms in total. The third kappa shape index (κ3) is 6.29. The molecule has 28 heavy (non-hydrogen) atoms. The van der Waals surface area contributed by atoms with Gasteiger partial charge in [-0.1, -0.05) is 24.3 Å². The van der Waals surface area contributed by atoms with E-state index in [1.54, 1.807) is 25.1 Å². The molecule has 0 heterocycles. The minimum atomic E-state index is -0.790.